The first-order chi connectivity index (χ1) is 8.77. The highest BCUT2D eigenvalue weighted by atomic mass is 16.2. The maximum atomic E-state index is 12.1. The zero-order chi connectivity index (χ0) is 12.5. The molecular weight excluding hydrogens is 232 g/mol. The first-order valence-electron chi connectivity index (χ1n) is 6.12. The minimum atomic E-state index is -0.141. The van der Waals surface area contributed by atoms with Crippen LogP contribution in [0.15, 0.2) is 18.5 Å². The third-order valence-corrected chi connectivity index (χ3v) is 3.64. The number of carbonyl (C=O) groups is 2. The Bertz CT molecular complexity index is 468. The molecule has 0 aromatic carbocycles. The minimum absolute atomic E-state index is 0.0335. The largest absolute Gasteiger partial charge is 0.282 e. The zero-order valence-electron chi connectivity index (χ0n) is 9.87. The highest BCUT2D eigenvalue weighted by molar-refractivity contribution is 6.05. The Morgan fingerprint density at radius 1 is 1.22 bits per heavy atom. The molecule has 1 aliphatic carbocycles. The summed E-state index contributed by atoms with van der Waals surface area (Å²) in [4.78, 5) is 29.6. The number of amides is 2. The van der Waals surface area contributed by atoms with Gasteiger partial charge in [0, 0.05) is 13.0 Å². The number of rotatable bonds is 3. The van der Waals surface area contributed by atoms with Gasteiger partial charge in [-0.15, -0.1) is 0 Å². The fourth-order valence-corrected chi connectivity index (χ4v) is 2.66. The van der Waals surface area contributed by atoms with Gasteiger partial charge in [-0.1, -0.05) is 12.2 Å². The van der Waals surface area contributed by atoms with E-state index in [-0.39, 0.29) is 23.7 Å². The highest BCUT2D eigenvalue weighted by Crippen LogP contribution is 2.34. The van der Waals surface area contributed by atoms with E-state index in [1.54, 1.807) is 0 Å². The van der Waals surface area contributed by atoms with E-state index in [0.717, 1.165) is 0 Å². The highest BCUT2D eigenvalue weighted by Gasteiger charge is 2.46. The van der Waals surface area contributed by atoms with Crippen molar-refractivity contribution in [2.75, 3.05) is 6.54 Å². The number of hydrogen-bond donors (Lipinski definition) is 1. The molecule has 1 saturated heterocycles. The first-order valence-corrected chi connectivity index (χ1v) is 6.12. The van der Waals surface area contributed by atoms with Crippen molar-refractivity contribution in [1.29, 1.82) is 0 Å². The van der Waals surface area contributed by atoms with Crippen LogP contribution >= 0.6 is 0 Å². The molecule has 2 amide bonds. The molecule has 6 nitrogen and oxygen atoms in total. The van der Waals surface area contributed by atoms with Crippen LogP contribution in [0.2, 0.25) is 0 Å². The normalized spacial score (nSPS) is 26.8. The summed E-state index contributed by atoms with van der Waals surface area (Å²) in [6.07, 6.45) is 7.32. The van der Waals surface area contributed by atoms with Crippen LogP contribution < -0.4 is 0 Å². The van der Waals surface area contributed by atoms with E-state index in [2.05, 4.69) is 15.2 Å². The topological polar surface area (TPSA) is 79.0 Å². The van der Waals surface area contributed by atoms with Crippen molar-refractivity contribution in [3.8, 4) is 0 Å². The summed E-state index contributed by atoms with van der Waals surface area (Å²) in [7, 11) is 0. The molecule has 2 heterocycles. The van der Waals surface area contributed by atoms with Crippen LogP contribution in [0.4, 0.5) is 0 Å². The van der Waals surface area contributed by atoms with Crippen LogP contribution in [0.25, 0.3) is 0 Å². The van der Waals surface area contributed by atoms with Crippen LogP contribution in [0, 0.1) is 11.8 Å². The van der Waals surface area contributed by atoms with Gasteiger partial charge in [-0.3, -0.25) is 19.6 Å². The lowest BCUT2D eigenvalue weighted by atomic mass is 9.85. The van der Waals surface area contributed by atoms with Gasteiger partial charge in [0.05, 0.1) is 11.8 Å². The second-order valence-electron chi connectivity index (χ2n) is 4.67. The predicted octanol–water partition coefficient (Wildman–Crippen LogP) is 0.298. The number of nitrogens with one attached hydrogen (secondary N) is 1. The lowest BCUT2D eigenvalue weighted by Gasteiger charge is -2.14. The van der Waals surface area contributed by atoms with Gasteiger partial charge in [0.15, 0.2) is 0 Å². The zero-order valence-corrected chi connectivity index (χ0v) is 9.87. The van der Waals surface area contributed by atoms with Gasteiger partial charge in [0.25, 0.3) is 0 Å². The number of allylic oxidation sites excluding steroid dienone is 2. The fraction of sp³-hybridized carbons (Fsp3) is 0.500. The number of fused-ring (bicyclic) bond motifs is 1. The quantitative estimate of drug-likeness (QED) is 0.614. The van der Waals surface area contributed by atoms with Gasteiger partial charge >= 0.3 is 0 Å². The Balaban J connectivity index is 1.70. The van der Waals surface area contributed by atoms with Crippen molar-refractivity contribution >= 4 is 11.8 Å². The Morgan fingerprint density at radius 3 is 2.44 bits per heavy atom. The van der Waals surface area contributed by atoms with Gasteiger partial charge in [0.1, 0.15) is 12.2 Å². The number of H-pyrrole nitrogens is 1. The molecule has 0 radical (unpaired) electrons. The van der Waals surface area contributed by atoms with E-state index < -0.39 is 0 Å². The monoisotopic (exact) mass is 246 g/mol. The van der Waals surface area contributed by atoms with E-state index in [1.165, 1.54) is 11.2 Å². The molecule has 1 fully saturated rings. The van der Waals surface area contributed by atoms with E-state index in [1.807, 2.05) is 12.2 Å². The van der Waals surface area contributed by atoms with Gasteiger partial charge < -0.3 is 0 Å². The Kier molecular flexibility index (Phi) is 2.70. The molecule has 2 unspecified atom stereocenters. The Hall–Kier alpha value is -1.98. The number of nitrogens with zero attached hydrogens (tertiary/aromatic N) is 3. The van der Waals surface area contributed by atoms with Crippen molar-refractivity contribution < 1.29 is 9.59 Å². The summed E-state index contributed by atoms with van der Waals surface area (Å²) in [6, 6.07) is 0. The van der Waals surface area contributed by atoms with Crippen molar-refractivity contribution in [2.24, 2.45) is 11.8 Å². The van der Waals surface area contributed by atoms with Crippen molar-refractivity contribution in [2.45, 2.75) is 19.3 Å². The average Bonchev–Trinajstić information content (AvgIpc) is 2.98. The summed E-state index contributed by atoms with van der Waals surface area (Å²) in [5.41, 5.74) is 0. The number of likely N-dealkylation sites (tertiary alicyclic amines) is 1. The van der Waals surface area contributed by atoms with Crippen molar-refractivity contribution in [3.05, 3.63) is 24.3 Å². The molecule has 2 atom stereocenters. The molecule has 1 N–H and O–H groups in total. The predicted molar refractivity (Wildman–Crippen MR) is 62.2 cm³/mol. The van der Waals surface area contributed by atoms with Gasteiger partial charge in [-0.2, -0.15) is 5.10 Å². The molecule has 0 saturated carbocycles. The van der Waals surface area contributed by atoms with Crippen molar-refractivity contribution in [1.82, 2.24) is 20.1 Å². The van der Waals surface area contributed by atoms with E-state index in [0.29, 0.717) is 31.6 Å². The molecular formula is C12H14N4O2. The molecule has 3 rings (SSSR count). The summed E-state index contributed by atoms with van der Waals surface area (Å²) in [5.74, 6) is 0.348. The second kappa shape index (κ2) is 4.36. The first kappa shape index (κ1) is 11.1. The number of imide groups is 1. The summed E-state index contributed by atoms with van der Waals surface area (Å²) < 4.78 is 0. The molecule has 1 aromatic heterocycles. The minimum Gasteiger partial charge on any atom is -0.282 e. The number of carbonyl (C=O) groups excluding carboxylic acids is 2. The molecule has 1 aliphatic heterocycles. The molecule has 0 spiro atoms. The number of aromatic nitrogens is 3. The lowest BCUT2D eigenvalue weighted by molar-refractivity contribution is -0.139. The fourth-order valence-electron chi connectivity index (χ4n) is 2.66. The van der Waals surface area contributed by atoms with E-state index in [9.17, 15) is 9.59 Å². The van der Waals surface area contributed by atoms with Crippen LogP contribution in [0.5, 0.6) is 0 Å². The van der Waals surface area contributed by atoms with Gasteiger partial charge in [-0.05, 0) is 12.8 Å². The molecule has 18 heavy (non-hydrogen) atoms. The van der Waals surface area contributed by atoms with Crippen LogP contribution in [-0.4, -0.2) is 38.4 Å². The molecule has 1 aromatic rings. The van der Waals surface area contributed by atoms with Gasteiger partial charge in [0.2, 0.25) is 11.8 Å². The maximum absolute atomic E-state index is 12.1. The Morgan fingerprint density at radius 2 is 1.89 bits per heavy atom. The third kappa shape index (κ3) is 1.73. The SMILES string of the molecule is O=C1C2CC=CCC2C(=O)N1CCc1ncn[nH]1. The molecule has 2 aliphatic rings. The number of aromatic amines is 1. The van der Waals surface area contributed by atoms with Crippen molar-refractivity contribution in [3.63, 3.8) is 0 Å². The van der Waals surface area contributed by atoms with Crippen LogP contribution in [0.1, 0.15) is 18.7 Å². The van der Waals surface area contributed by atoms with E-state index >= 15 is 0 Å². The third-order valence-electron chi connectivity index (χ3n) is 3.64. The van der Waals surface area contributed by atoms with Crippen LogP contribution in [0.3, 0.4) is 0 Å². The summed E-state index contributed by atoms with van der Waals surface area (Å²) in [6.45, 7) is 0.389. The molecule has 94 valence electrons. The lowest BCUT2D eigenvalue weighted by Crippen LogP contribution is -2.33. The number of hydrogen-bond acceptors (Lipinski definition) is 4. The maximum Gasteiger partial charge on any atom is 0.233 e. The van der Waals surface area contributed by atoms with E-state index in [4.69, 9.17) is 0 Å². The second-order valence-corrected chi connectivity index (χ2v) is 4.67. The molecule has 6 heteroatoms. The van der Waals surface area contributed by atoms with Crippen LogP contribution in [-0.2, 0) is 16.0 Å². The summed E-state index contributed by atoms with van der Waals surface area (Å²) >= 11 is 0. The Labute approximate surface area is 104 Å². The van der Waals surface area contributed by atoms with Gasteiger partial charge in [-0.25, -0.2) is 4.98 Å². The average molecular weight is 246 g/mol. The standard InChI is InChI=1S/C12H14N4O2/c17-11-8-3-1-2-4-9(8)12(18)16(11)6-5-10-13-7-14-15-10/h1-2,7-9H,3-6H2,(H,13,14,15). The molecule has 0 bridgehead atoms. The summed E-state index contributed by atoms with van der Waals surface area (Å²) in [5, 5.41) is 6.47. The smallest absolute Gasteiger partial charge is 0.233 e.